The molecule has 1 heterocycles. The van der Waals surface area contributed by atoms with Gasteiger partial charge in [0, 0.05) is 23.0 Å². The summed E-state index contributed by atoms with van der Waals surface area (Å²) in [7, 11) is 0. The molecular formula is C14H16N4. The summed E-state index contributed by atoms with van der Waals surface area (Å²) in [5.41, 5.74) is 16.4. The maximum absolute atomic E-state index is 7.56. The molecule has 0 saturated carbocycles. The molecule has 0 radical (unpaired) electrons. The summed E-state index contributed by atoms with van der Waals surface area (Å²) in [4.78, 5) is 4.37. The van der Waals surface area contributed by atoms with Gasteiger partial charge in [0.15, 0.2) is 0 Å². The molecule has 4 nitrogen and oxygen atoms in total. The Hall–Kier alpha value is -2.36. The van der Waals surface area contributed by atoms with Crippen LogP contribution in [0.2, 0.25) is 0 Å². The van der Waals surface area contributed by atoms with E-state index < -0.39 is 0 Å². The van der Waals surface area contributed by atoms with Crippen LogP contribution in [0.1, 0.15) is 16.7 Å². The fraction of sp³-hybridized carbons (Fsp3) is 0.143. The third-order valence-electron chi connectivity index (χ3n) is 2.96. The molecule has 0 atom stereocenters. The van der Waals surface area contributed by atoms with E-state index in [0.717, 1.165) is 22.4 Å². The average molecular weight is 240 g/mol. The highest BCUT2D eigenvalue weighted by Crippen LogP contribution is 2.27. The first kappa shape index (κ1) is 12.1. The van der Waals surface area contributed by atoms with Crippen LogP contribution in [0.15, 0.2) is 30.5 Å². The number of nitrogens with two attached hydrogens (primary N) is 2. The fourth-order valence-corrected chi connectivity index (χ4v) is 1.95. The van der Waals surface area contributed by atoms with E-state index in [9.17, 15) is 0 Å². The van der Waals surface area contributed by atoms with Gasteiger partial charge in [-0.3, -0.25) is 10.4 Å². The Morgan fingerprint density at radius 1 is 1.22 bits per heavy atom. The minimum absolute atomic E-state index is 0.0222. The van der Waals surface area contributed by atoms with Crippen LogP contribution in [0.5, 0.6) is 0 Å². The number of hydrogen-bond acceptors (Lipinski definition) is 3. The van der Waals surface area contributed by atoms with Crippen molar-refractivity contribution in [1.29, 1.82) is 5.41 Å². The minimum Gasteiger partial charge on any atom is -0.398 e. The minimum atomic E-state index is -0.0222. The summed E-state index contributed by atoms with van der Waals surface area (Å²) < 4.78 is 0. The largest absolute Gasteiger partial charge is 0.398 e. The second kappa shape index (κ2) is 4.49. The Morgan fingerprint density at radius 3 is 2.56 bits per heavy atom. The molecule has 2 aromatic rings. The van der Waals surface area contributed by atoms with E-state index >= 15 is 0 Å². The van der Waals surface area contributed by atoms with Crippen LogP contribution in [0.25, 0.3) is 11.3 Å². The van der Waals surface area contributed by atoms with Gasteiger partial charge in [0.05, 0.1) is 5.69 Å². The number of pyridine rings is 1. The molecule has 1 aromatic carbocycles. The summed E-state index contributed by atoms with van der Waals surface area (Å²) in [5.74, 6) is -0.0222. The van der Waals surface area contributed by atoms with Crippen LogP contribution >= 0.6 is 0 Å². The Kier molecular flexibility index (Phi) is 3.02. The number of nitrogens with one attached hydrogen (secondary N) is 1. The molecule has 18 heavy (non-hydrogen) atoms. The number of aryl methyl sites for hydroxylation is 2. The second-order valence-electron chi connectivity index (χ2n) is 4.34. The van der Waals surface area contributed by atoms with Crippen molar-refractivity contribution in [2.75, 3.05) is 5.73 Å². The molecular weight excluding hydrogens is 224 g/mol. The molecule has 0 aliphatic carbocycles. The van der Waals surface area contributed by atoms with Gasteiger partial charge in [-0.05, 0) is 43.2 Å². The third kappa shape index (κ3) is 2.05. The summed E-state index contributed by atoms with van der Waals surface area (Å²) in [5, 5.41) is 7.56. The van der Waals surface area contributed by atoms with E-state index in [-0.39, 0.29) is 5.84 Å². The number of rotatable bonds is 2. The third-order valence-corrected chi connectivity index (χ3v) is 2.96. The van der Waals surface area contributed by atoms with Gasteiger partial charge in [0.25, 0.3) is 0 Å². The molecule has 0 unspecified atom stereocenters. The van der Waals surface area contributed by atoms with Crippen LogP contribution in [-0.4, -0.2) is 10.8 Å². The maximum Gasteiger partial charge on any atom is 0.124 e. The zero-order chi connectivity index (χ0) is 13.3. The van der Waals surface area contributed by atoms with Crippen molar-refractivity contribution in [3.8, 4) is 11.3 Å². The van der Waals surface area contributed by atoms with Gasteiger partial charge in [0.1, 0.15) is 5.84 Å². The Balaban J connectivity index is 2.67. The average Bonchev–Trinajstić information content (AvgIpc) is 2.33. The molecule has 0 aliphatic heterocycles. The zero-order valence-corrected chi connectivity index (χ0v) is 10.5. The Morgan fingerprint density at radius 2 is 1.94 bits per heavy atom. The van der Waals surface area contributed by atoms with Crippen LogP contribution < -0.4 is 11.5 Å². The van der Waals surface area contributed by atoms with Gasteiger partial charge >= 0.3 is 0 Å². The number of nitrogens with zero attached hydrogens (tertiary/aromatic N) is 1. The van der Waals surface area contributed by atoms with Crippen molar-refractivity contribution >= 4 is 11.5 Å². The van der Waals surface area contributed by atoms with Crippen molar-refractivity contribution in [1.82, 2.24) is 4.98 Å². The van der Waals surface area contributed by atoms with Crippen LogP contribution in [-0.2, 0) is 0 Å². The predicted molar refractivity (Wildman–Crippen MR) is 74.6 cm³/mol. The number of aromatic nitrogens is 1. The van der Waals surface area contributed by atoms with E-state index in [0.29, 0.717) is 11.3 Å². The molecule has 0 aliphatic rings. The lowest BCUT2D eigenvalue weighted by molar-refractivity contribution is 1.26. The fourth-order valence-electron chi connectivity index (χ4n) is 1.95. The highest BCUT2D eigenvalue weighted by molar-refractivity contribution is 6.01. The van der Waals surface area contributed by atoms with Crippen LogP contribution in [0.4, 0.5) is 5.69 Å². The maximum atomic E-state index is 7.56. The van der Waals surface area contributed by atoms with Gasteiger partial charge in [-0.2, -0.15) is 0 Å². The highest BCUT2D eigenvalue weighted by atomic mass is 14.7. The summed E-state index contributed by atoms with van der Waals surface area (Å²) in [6, 6.07) is 7.69. The predicted octanol–water partition coefficient (Wildman–Crippen LogP) is 2.23. The first-order chi connectivity index (χ1) is 8.50. The smallest absolute Gasteiger partial charge is 0.124 e. The zero-order valence-electron chi connectivity index (χ0n) is 10.5. The van der Waals surface area contributed by atoms with E-state index in [1.807, 2.05) is 38.1 Å². The van der Waals surface area contributed by atoms with E-state index in [2.05, 4.69) is 4.98 Å². The quantitative estimate of drug-likeness (QED) is 0.427. The molecule has 0 spiro atoms. The summed E-state index contributed by atoms with van der Waals surface area (Å²) in [6.07, 6.45) is 1.75. The van der Waals surface area contributed by atoms with Crippen molar-refractivity contribution < 1.29 is 0 Å². The molecule has 0 saturated heterocycles. The van der Waals surface area contributed by atoms with Crippen LogP contribution in [0, 0.1) is 19.3 Å². The summed E-state index contributed by atoms with van der Waals surface area (Å²) >= 11 is 0. The molecule has 1 aromatic heterocycles. The second-order valence-corrected chi connectivity index (χ2v) is 4.34. The topological polar surface area (TPSA) is 88.8 Å². The lowest BCUT2D eigenvalue weighted by atomic mass is 9.99. The number of hydrogen-bond donors (Lipinski definition) is 3. The highest BCUT2D eigenvalue weighted by Gasteiger charge is 2.10. The van der Waals surface area contributed by atoms with Gasteiger partial charge < -0.3 is 11.5 Å². The van der Waals surface area contributed by atoms with Gasteiger partial charge in [-0.25, -0.2) is 0 Å². The summed E-state index contributed by atoms with van der Waals surface area (Å²) in [6.45, 7) is 3.91. The molecule has 0 bridgehead atoms. The Labute approximate surface area is 106 Å². The first-order valence-corrected chi connectivity index (χ1v) is 5.67. The van der Waals surface area contributed by atoms with Crippen LogP contribution in [0.3, 0.4) is 0 Å². The lowest BCUT2D eigenvalue weighted by Gasteiger charge is -2.11. The standard InChI is InChI=1S/C14H16N4/c1-8-4-3-5-18-13(8)10-6-9(2)12(15)11(7-10)14(16)17/h3-7H,15H2,1-2H3,(H3,16,17). The molecule has 5 N–H and O–H groups in total. The molecule has 4 heteroatoms. The number of nitrogen functional groups attached to an aromatic ring is 2. The first-order valence-electron chi connectivity index (χ1n) is 5.67. The van der Waals surface area contributed by atoms with Gasteiger partial charge in [0.2, 0.25) is 0 Å². The Bertz CT molecular complexity index is 617. The van der Waals surface area contributed by atoms with Crippen molar-refractivity contribution in [2.24, 2.45) is 5.73 Å². The van der Waals surface area contributed by atoms with Crippen molar-refractivity contribution in [2.45, 2.75) is 13.8 Å². The van der Waals surface area contributed by atoms with E-state index in [1.165, 1.54) is 0 Å². The molecule has 0 fully saturated rings. The van der Waals surface area contributed by atoms with Gasteiger partial charge in [-0.1, -0.05) is 6.07 Å². The number of benzene rings is 1. The van der Waals surface area contributed by atoms with Crippen molar-refractivity contribution in [3.05, 3.63) is 47.2 Å². The van der Waals surface area contributed by atoms with E-state index in [1.54, 1.807) is 6.20 Å². The number of amidine groups is 1. The molecule has 0 amide bonds. The van der Waals surface area contributed by atoms with Gasteiger partial charge in [-0.15, -0.1) is 0 Å². The molecule has 92 valence electrons. The monoisotopic (exact) mass is 240 g/mol. The SMILES string of the molecule is Cc1cccnc1-c1cc(C)c(N)c(C(=N)N)c1. The lowest BCUT2D eigenvalue weighted by Crippen LogP contribution is -2.14. The van der Waals surface area contributed by atoms with Crippen molar-refractivity contribution in [3.63, 3.8) is 0 Å². The normalized spacial score (nSPS) is 10.3. The van der Waals surface area contributed by atoms with E-state index in [4.69, 9.17) is 16.9 Å². The molecule has 2 rings (SSSR count). The number of anilines is 1.